The Morgan fingerprint density at radius 3 is 2.52 bits per heavy atom. The van der Waals surface area contributed by atoms with Crippen LogP contribution in [0.25, 0.3) is 0 Å². The summed E-state index contributed by atoms with van der Waals surface area (Å²) in [6.07, 6.45) is 9.01. The van der Waals surface area contributed by atoms with Gasteiger partial charge in [-0.15, -0.1) is 0 Å². The molecule has 0 atom stereocenters. The molecule has 0 unspecified atom stereocenters. The van der Waals surface area contributed by atoms with Crippen molar-refractivity contribution in [3.05, 3.63) is 54.2 Å². The summed E-state index contributed by atoms with van der Waals surface area (Å²) in [4.78, 5) is 21.6. The average molecular weight is 393 g/mol. The van der Waals surface area contributed by atoms with Gasteiger partial charge >= 0.3 is 0 Å². The van der Waals surface area contributed by atoms with E-state index in [1.165, 1.54) is 31.2 Å². The molecule has 0 radical (unpaired) electrons. The molecule has 29 heavy (non-hydrogen) atoms. The summed E-state index contributed by atoms with van der Waals surface area (Å²) in [5.74, 6) is 2.06. The highest BCUT2D eigenvalue weighted by molar-refractivity contribution is 5.76. The number of piperazine rings is 1. The van der Waals surface area contributed by atoms with E-state index in [-0.39, 0.29) is 0 Å². The summed E-state index contributed by atoms with van der Waals surface area (Å²) < 4.78 is 0. The van der Waals surface area contributed by atoms with Crippen LogP contribution in [0.3, 0.4) is 0 Å². The van der Waals surface area contributed by atoms with Gasteiger partial charge in [-0.25, -0.2) is 4.98 Å². The molecule has 0 bridgehead atoms. The third-order valence-corrected chi connectivity index (χ3v) is 6.29. The van der Waals surface area contributed by atoms with Crippen molar-refractivity contribution in [3.8, 4) is 0 Å². The van der Waals surface area contributed by atoms with E-state index in [1.807, 2.05) is 30.5 Å². The van der Waals surface area contributed by atoms with E-state index in [1.54, 1.807) is 0 Å². The summed E-state index contributed by atoms with van der Waals surface area (Å²) in [5, 5.41) is 3.43. The lowest BCUT2D eigenvalue weighted by Gasteiger charge is -2.35. The van der Waals surface area contributed by atoms with Crippen molar-refractivity contribution in [2.75, 3.05) is 31.5 Å². The zero-order chi connectivity index (χ0) is 19.9. The zero-order valence-corrected chi connectivity index (χ0v) is 17.2. The summed E-state index contributed by atoms with van der Waals surface area (Å²) in [6, 6.07) is 14.3. The molecule has 1 N–H and O–H groups in total. The third kappa shape index (κ3) is 5.57. The van der Waals surface area contributed by atoms with E-state index in [0.29, 0.717) is 5.91 Å². The van der Waals surface area contributed by atoms with E-state index in [2.05, 4.69) is 38.3 Å². The lowest BCUT2D eigenvalue weighted by Crippen LogP contribution is -2.48. The Morgan fingerprint density at radius 2 is 1.76 bits per heavy atom. The van der Waals surface area contributed by atoms with Crippen molar-refractivity contribution in [3.63, 3.8) is 0 Å². The Balaban J connectivity index is 1.27. The van der Waals surface area contributed by atoms with Gasteiger partial charge in [0.25, 0.3) is 0 Å². The fraction of sp³-hybridized carbons (Fsp3) is 0.500. The van der Waals surface area contributed by atoms with Gasteiger partial charge in [-0.2, -0.15) is 0 Å². The largest absolute Gasteiger partial charge is 0.340 e. The standard InChI is InChI=1S/C24H32N4O/c29-23(13-12-20-7-4-5-8-20)28-17-15-27(16-18-28)19-21-9-6-14-25-24(21)26-22-10-2-1-3-11-22/h1-3,6,9-11,14,20H,4-5,7-8,12-13,15-19H2,(H,25,26). The van der Waals surface area contributed by atoms with E-state index >= 15 is 0 Å². The van der Waals surface area contributed by atoms with Crippen LogP contribution in [-0.2, 0) is 11.3 Å². The van der Waals surface area contributed by atoms with Gasteiger partial charge in [0.2, 0.25) is 5.91 Å². The molecule has 1 saturated heterocycles. The SMILES string of the molecule is O=C(CCC1CCCC1)N1CCN(Cc2cccnc2Nc2ccccc2)CC1. The molecule has 2 aliphatic rings. The maximum absolute atomic E-state index is 12.6. The number of hydrogen-bond acceptors (Lipinski definition) is 4. The van der Waals surface area contributed by atoms with Gasteiger partial charge in [-0.1, -0.05) is 49.9 Å². The fourth-order valence-corrected chi connectivity index (χ4v) is 4.52. The molecule has 2 fully saturated rings. The first-order valence-corrected chi connectivity index (χ1v) is 11.0. The fourth-order valence-electron chi connectivity index (χ4n) is 4.52. The second-order valence-electron chi connectivity index (χ2n) is 8.35. The molecule has 1 amide bonds. The molecule has 2 aromatic rings. The second-order valence-corrected chi connectivity index (χ2v) is 8.35. The van der Waals surface area contributed by atoms with E-state index in [0.717, 1.165) is 63.0 Å². The number of hydrogen-bond donors (Lipinski definition) is 1. The number of amides is 1. The van der Waals surface area contributed by atoms with Crippen LogP contribution in [0.4, 0.5) is 11.5 Å². The van der Waals surface area contributed by atoms with Gasteiger partial charge in [0.15, 0.2) is 0 Å². The predicted octanol–water partition coefficient (Wildman–Crippen LogP) is 4.44. The van der Waals surface area contributed by atoms with Crippen molar-refractivity contribution < 1.29 is 4.79 Å². The predicted molar refractivity (Wildman–Crippen MR) is 117 cm³/mol. The van der Waals surface area contributed by atoms with Gasteiger partial charge in [0.05, 0.1) is 0 Å². The summed E-state index contributed by atoms with van der Waals surface area (Å²) >= 11 is 0. The summed E-state index contributed by atoms with van der Waals surface area (Å²) in [5.41, 5.74) is 2.24. The second kappa shape index (κ2) is 9.88. The highest BCUT2D eigenvalue weighted by atomic mass is 16.2. The molecular weight excluding hydrogens is 360 g/mol. The number of pyridine rings is 1. The van der Waals surface area contributed by atoms with E-state index in [9.17, 15) is 4.79 Å². The Morgan fingerprint density at radius 1 is 1.00 bits per heavy atom. The Labute approximate surface area is 174 Å². The van der Waals surface area contributed by atoms with Crippen molar-refractivity contribution in [1.29, 1.82) is 0 Å². The van der Waals surface area contributed by atoms with Crippen LogP contribution >= 0.6 is 0 Å². The number of benzene rings is 1. The smallest absolute Gasteiger partial charge is 0.222 e. The number of para-hydroxylation sites is 1. The third-order valence-electron chi connectivity index (χ3n) is 6.29. The molecule has 154 valence electrons. The zero-order valence-electron chi connectivity index (χ0n) is 17.2. The van der Waals surface area contributed by atoms with Crippen molar-refractivity contribution in [1.82, 2.24) is 14.8 Å². The highest BCUT2D eigenvalue weighted by Gasteiger charge is 2.23. The van der Waals surface area contributed by atoms with Gasteiger partial charge in [-0.05, 0) is 30.5 Å². The summed E-state index contributed by atoms with van der Waals surface area (Å²) in [7, 11) is 0. The van der Waals surface area contributed by atoms with E-state index in [4.69, 9.17) is 0 Å². The molecule has 2 heterocycles. The monoisotopic (exact) mass is 392 g/mol. The quantitative estimate of drug-likeness (QED) is 0.757. The van der Waals surface area contributed by atoms with Crippen LogP contribution in [0, 0.1) is 5.92 Å². The van der Waals surface area contributed by atoms with Crippen molar-refractivity contribution in [2.45, 2.75) is 45.1 Å². The van der Waals surface area contributed by atoms with Crippen LogP contribution in [0.5, 0.6) is 0 Å². The maximum Gasteiger partial charge on any atom is 0.222 e. The number of anilines is 2. The molecule has 1 aromatic heterocycles. The molecule has 0 spiro atoms. The highest BCUT2D eigenvalue weighted by Crippen LogP contribution is 2.29. The first kappa shape index (κ1) is 19.9. The topological polar surface area (TPSA) is 48.5 Å². The Bertz CT molecular complexity index is 780. The minimum Gasteiger partial charge on any atom is -0.340 e. The first-order chi connectivity index (χ1) is 14.3. The minimum atomic E-state index is 0.351. The summed E-state index contributed by atoms with van der Waals surface area (Å²) in [6.45, 7) is 4.38. The number of nitrogens with one attached hydrogen (secondary N) is 1. The molecule has 5 heteroatoms. The lowest BCUT2D eigenvalue weighted by molar-refractivity contribution is -0.133. The number of carbonyl (C=O) groups excluding carboxylic acids is 1. The molecule has 1 aliphatic heterocycles. The van der Waals surface area contributed by atoms with Gasteiger partial charge in [-0.3, -0.25) is 9.69 Å². The van der Waals surface area contributed by atoms with Gasteiger partial charge in [0.1, 0.15) is 5.82 Å². The molecular formula is C24H32N4O. The van der Waals surface area contributed by atoms with Crippen LogP contribution in [0.2, 0.25) is 0 Å². The molecule has 1 aromatic carbocycles. The number of carbonyl (C=O) groups is 1. The molecule has 5 nitrogen and oxygen atoms in total. The Kier molecular flexibility index (Phi) is 6.78. The minimum absolute atomic E-state index is 0.351. The number of nitrogens with zero attached hydrogens (tertiary/aromatic N) is 3. The van der Waals surface area contributed by atoms with Crippen molar-refractivity contribution >= 4 is 17.4 Å². The molecule has 1 aliphatic carbocycles. The normalized spacial score (nSPS) is 18.1. The Hall–Kier alpha value is -2.40. The van der Waals surface area contributed by atoms with Gasteiger partial charge < -0.3 is 10.2 Å². The van der Waals surface area contributed by atoms with Crippen molar-refractivity contribution in [2.24, 2.45) is 5.92 Å². The van der Waals surface area contributed by atoms with Gasteiger partial charge in [0, 0.05) is 56.6 Å². The number of aromatic nitrogens is 1. The average Bonchev–Trinajstić information content (AvgIpc) is 3.28. The number of rotatable bonds is 7. The first-order valence-electron chi connectivity index (χ1n) is 11.0. The van der Waals surface area contributed by atoms with Crippen LogP contribution in [0.15, 0.2) is 48.7 Å². The van der Waals surface area contributed by atoms with Crippen LogP contribution in [-0.4, -0.2) is 46.9 Å². The molecule has 4 rings (SSSR count). The van der Waals surface area contributed by atoms with E-state index < -0.39 is 0 Å². The maximum atomic E-state index is 12.6. The molecule has 1 saturated carbocycles. The van der Waals surface area contributed by atoms with Crippen LogP contribution in [0.1, 0.15) is 44.1 Å². The lowest BCUT2D eigenvalue weighted by atomic mass is 10.0. The van der Waals surface area contributed by atoms with Crippen LogP contribution < -0.4 is 5.32 Å².